The summed E-state index contributed by atoms with van der Waals surface area (Å²) in [5.41, 5.74) is -0.492. The third-order valence-corrected chi connectivity index (χ3v) is 2.19. The Bertz CT molecular complexity index is 362. The standard InChI is InChI=1S/C8H5ClF3NO/c9-7-5(6-3-14-6)1-4(2-13-7)8(10,11)12/h1-2,6H,3H2/t6-/m0/s1. The minimum atomic E-state index is -4.39. The van der Waals surface area contributed by atoms with Crippen LogP contribution in [-0.2, 0) is 10.9 Å². The highest BCUT2D eigenvalue weighted by atomic mass is 35.5. The molecule has 2 heterocycles. The molecule has 0 radical (unpaired) electrons. The Morgan fingerprint density at radius 3 is 2.64 bits per heavy atom. The van der Waals surface area contributed by atoms with Crippen molar-refractivity contribution in [3.05, 3.63) is 28.5 Å². The lowest BCUT2D eigenvalue weighted by Gasteiger charge is -2.07. The minimum absolute atomic E-state index is 0.0699. The van der Waals surface area contributed by atoms with E-state index in [4.69, 9.17) is 16.3 Å². The van der Waals surface area contributed by atoms with E-state index >= 15 is 0 Å². The van der Waals surface area contributed by atoms with Gasteiger partial charge < -0.3 is 4.74 Å². The van der Waals surface area contributed by atoms with Gasteiger partial charge in [0.05, 0.1) is 12.2 Å². The molecule has 1 fully saturated rings. The van der Waals surface area contributed by atoms with Crippen molar-refractivity contribution in [2.75, 3.05) is 6.61 Å². The largest absolute Gasteiger partial charge is 0.417 e. The fraction of sp³-hybridized carbons (Fsp3) is 0.375. The van der Waals surface area contributed by atoms with Crippen molar-refractivity contribution in [1.82, 2.24) is 4.98 Å². The Hall–Kier alpha value is -0.810. The van der Waals surface area contributed by atoms with E-state index in [1.54, 1.807) is 0 Å². The molecule has 1 aliphatic heterocycles. The molecule has 14 heavy (non-hydrogen) atoms. The van der Waals surface area contributed by atoms with E-state index in [0.29, 0.717) is 18.4 Å². The molecule has 0 unspecified atom stereocenters. The van der Waals surface area contributed by atoms with Crippen LogP contribution in [0.15, 0.2) is 12.3 Å². The summed E-state index contributed by atoms with van der Waals surface area (Å²) >= 11 is 5.62. The van der Waals surface area contributed by atoms with Crippen LogP contribution in [0.1, 0.15) is 17.2 Å². The average molecular weight is 224 g/mol. The van der Waals surface area contributed by atoms with Crippen LogP contribution in [0.25, 0.3) is 0 Å². The van der Waals surface area contributed by atoms with E-state index in [0.717, 1.165) is 6.07 Å². The summed E-state index contributed by atoms with van der Waals surface area (Å²) in [6, 6.07) is 0.979. The van der Waals surface area contributed by atoms with Crippen molar-refractivity contribution in [1.29, 1.82) is 0 Å². The van der Waals surface area contributed by atoms with Crippen LogP contribution < -0.4 is 0 Å². The Kier molecular flexibility index (Phi) is 2.16. The number of halogens is 4. The van der Waals surface area contributed by atoms with Crippen LogP contribution in [-0.4, -0.2) is 11.6 Å². The molecule has 0 saturated carbocycles. The van der Waals surface area contributed by atoms with Crippen molar-refractivity contribution < 1.29 is 17.9 Å². The Morgan fingerprint density at radius 1 is 1.50 bits per heavy atom. The number of nitrogens with zero attached hydrogens (tertiary/aromatic N) is 1. The third-order valence-electron chi connectivity index (χ3n) is 1.87. The SMILES string of the molecule is FC(F)(F)c1cnc(Cl)c([C@@H]2CO2)c1. The third kappa shape index (κ3) is 1.83. The molecule has 0 spiro atoms. The lowest BCUT2D eigenvalue weighted by atomic mass is 10.1. The molecule has 0 aromatic carbocycles. The van der Waals surface area contributed by atoms with Gasteiger partial charge in [0, 0.05) is 11.8 Å². The van der Waals surface area contributed by atoms with Gasteiger partial charge in [0.2, 0.25) is 0 Å². The molecular formula is C8H5ClF3NO. The van der Waals surface area contributed by atoms with Crippen LogP contribution in [0.2, 0.25) is 5.15 Å². The second-order valence-corrected chi connectivity index (χ2v) is 3.28. The van der Waals surface area contributed by atoms with Gasteiger partial charge in [-0.25, -0.2) is 4.98 Å². The van der Waals surface area contributed by atoms with Gasteiger partial charge in [-0.3, -0.25) is 0 Å². The Balaban J connectivity index is 2.40. The lowest BCUT2D eigenvalue weighted by Crippen LogP contribution is -2.06. The molecule has 6 heteroatoms. The molecular weight excluding hydrogens is 219 g/mol. The highest BCUT2D eigenvalue weighted by Crippen LogP contribution is 2.37. The quantitative estimate of drug-likeness (QED) is 0.540. The van der Waals surface area contributed by atoms with Gasteiger partial charge in [-0.2, -0.15) is 13.2 Å². The molecule has 2 rings (SSSR count). The summed E-state index contributed by atoms with van der Waals surface area (Å²) in [5, 5.41) is 0.0699. The summed E-state index contributed by atoms with van der Waals surface area (Å²) in [4.78, 5) is 3.47. The fourth-order valence-corrected chi connectivity index (χ4v) is 1.30. The van der Waals surface area contributed by atoms with Crippen LogP contribution in [0.5, 0.6) is 0 Å². The van der Waals surface area contributed by atoms with Crippen molar-refractivity contribution in [3.63, 3.8) is 0 Å². The van der Waals surface area contributed by atoms with Crippen LogP contribution in [0.3, 0.4) is 0 Å². The predicted molar refractivity (Wildman–Crippen MR) is 42.9 cm³/mol. The first kappa shape index (κ1) is 9.73. The smallest absolute Gasteiger partial charge is 0.368 e. The van der Waals surface area contributed by atoms with E-state index in [9.17, 15) is 13.2 Å². The maximum absolute atomic E-state index is 12.3. The maximum Gasteiger partial charge on any atom is 0.417 e. The van der Waals surface area contributed by atoms with Crippen molar-refractivity contribution >= 4 is 11.6 Å². The van der Waals surface area contributed by atoms with Crippen LogP contribution >= 0.6 is 11.6 Å². The average Bonchev–Trinajstić information content (AvgIpc) is 2.85. The Morgan fingerprint density at radius 2 is 2.14 bits per heavy atom. The van der Waals surface area contributed by atoms with E-state index in [1.807, 2.05) is 0 Å². The van der Waals surface area contributed by atoms with E-state index in [2.05, 4.69) is 4.98 Å². The van der Waals surface area contributed by atoms with Gasteiger partial charge in [0.15, 0.2) is 0 Å². The fourth-order valence-electron chi connectivity index (χ4n) is 1.07. The van der Waals surface area contributed by atoms with Gasteiger partial charge in [0.25, 0.3) is 0 Å². The van der Waals surface area contributed by atoms with Gasteiger partial charge in [-0.15, -0.1) is 0 Å². The number of ether oxygens (including phenoxy) is 1. The number of aromatic nitrogens is 1. The first-order valence-electron chi connectivity index (χ1n) is 3.83. The molecule has 0 N–H and O–H groups in total. The van der Waals surface area contributed by atoms with Crippen molar-refractivity contribution in [2.45, 2.75) is 12.3 Å². The first-order valence-corrected chi connectivity index (χ1v) is 4.20. The summed E-state index contributed by atoms with van der Waals surface area (Å²) in [5.74, 6) is 0. The van der Waals surface area contributed by atoms with Crippen LogP contribution in [0, 0.1) is 0 Å². The Labute approximate surface area is 82.7 Å². The zero-order valence-corrected chi connectivity index (χ0v) is 7.56. The second kappa shape index (κ2) is 3.10. The number of pyridine rings is 1. The highest BCUT2D eigenvalue weighted by Gasteiger charge is 2.35. The highest BCUT2D eigenvalue weighted by molar-refractivity contribution is 6.30. The number of epoxide rings is 1. The molecule has 1 saturated heterocycles. The molecule has 76 valence electrons. The summed E-state index contributed by atoms with van der Waals surface area (Å²) in [6.07, 6.45) is -3.99. The van der Waals surface area contributed by atoms with Gasteiger partial charge in [0.1, 0.15) is 11.3 Å². The molecule has 1 aromatic heterocycles. The zero-order chi connectivity index (χ0) is 10.3. The predicted octanol–water partition coefficient (Wildman–Crippen LogP) is 2.83. The summed E-state index contributed by atoms with van der Waals surface area (Å²) < 4.78 is 41.6. The molecule has 1 aliphatic rings. The molecule has 0 amide bonds. The van der Waals surface area contributed by atoms with Crippen LogP contribution in [0.4, 0.5) is 13.2 Å². The first-order chi connectivity index (χ1) is 6.48. The van der Waals surface area contributed by atoms with Gasteiger partial charge >= 0.3 is 6.18 Å². The van der Waals surface area contributed by atoms with Crippen molar-refractivity contribution in [3.8, 4) is 0 Å². The minimum Gasteiger partial charge on any atom is -0.368 e. The normalized spacial score (nSPS) is 21.0. The van der Waals surface area contributed by atoms with E-state index in [-0.39, 0.29) is 11.3 Å². The monoisotopic (exact) mass is 223 g/mol. The van der Waals surface area contributed by atoms with Crippen molar-refractivity contribution in [2.24, 2.45) is 0 Å². The maximum atomic E-state index is 12.3. The number of hydrogen-bond donors (Lipinski definition) is 0. The van der Waals surface area contributed by atoms with Gasteiger partial charge in [-0.05, 0) is 6.07 Å². The summed E-state index contributed by atoms with van der Waals surface area (Å²) in [6.45, 7) is 0.405. The number of alkyl halides is 3. The second-order valence-electron chi connectivity index (χ2n) is 2.92. The topological polar surface area (TPSA) is 25.4 Å². The molecule has 0 aliphatic carbocycles. The molecule has 2 nitrogen and oxygen atoms in total. The molecule has 1 atom stereocenters. The van der Waals surface area contributed by atoms with E-state index in [1.165, 1.54) is 0 Å². The molecule has 1 aromatic rings. The van der Waals surface area contributed by atoms with Gasteiger partial charge in [-0.1, -0.05) is 11.6 Å². The van der Waals surface area contributed by atoms with E-state index < -0.39 is 11.7 Å². The lowest BCUT2D eigenvalue weighted by molar-refractivity contribution is -0.137. The number of hydrogen-bond acceptors (Lipinski definition) is 2. The summed E-state index contributed by atoms with van der Waals surface area (Å²) in [7, 11) is 0. The zero-order valence-electron chi connectivity index (χ0n) is 6.81. The molecule has 0 bridgehead atoms. The number of rotatable bonds is 1.